The number of epoxide rings is 1. The lowest BCUT2D eigenvalue weighted by Crippen LogP contribution is -2.54. The van der Waals surface area contributed by atoms with E-state index in [2.05, 4.69) is 12.2 Å². The Labute approximate surface area is 182 Å². The van der Waals surface area contributed by atoms with Crippen LogP contribution < -0.4 is 0 Å². The van der Waals surface area contributed by atoms with Crippen molar-refractivity contribution < 1.29 is 21.6 Å². The van der Waals surface area contributed by atoms with E-state index in [1.165, 1.54) is 0 Å². The van der Waals surface area contributed by atoms with Gasteiger partial charge in [-0.05, 0) is 37.1 Å². The molecular formula is C24H22O5S2. The van der Waals surface area contributed by atoms with Crippen LogP contribution in [0.3, 0.4) is 0 Å². The molecule has 5 aliphatic rings. The number of hydrogen-bond donors (Lipinski definition) is 0. The molecule has 160 valence electrons. The molecule has 7 rings (SSSR count). The fraction of sp³-hybridized carbons (Fsp3) is 0.417. The van der Waals surface area contributed by atoms with Gasteiger partial charge in [-0.2, -0.15) is 0 Å². The minimum absolute atomic E-state index is 0.196. The van der Waals surface area contributed by atoms with Crippen molar-refractivity contribution in [3.63, 3.8) is 0 Å². The van der Waals surface area contributed by atoms with Gasteiger partial charge in [-0.25, -0.2) is 16.8 Å². The van der Waals surface area contributed by atoms with Crippen LogP contribution in [0.2, 0.25) is 0 Å². The standard InChI is InChI=1S/C24H22O5S2/c25-30(26,17-7-3-1-4-8-17)21-19-14-20(22(21)31(27,28)18-9-5-2-6-10-18)24-16-12-11-15(13-16)23(19,24)29-24/h1-12,15-16,19-22H,13-14H2/t15-,16-,19-,20+,21-,22+,23+,24+/m0/s1. The van der Waals surface area contributed by atoms with Gasteiger partial charge >= 0.3 is 0 Å². The van der Waals surface area contributed by atoms with E-state index in [-0.39, 0.29) is 33.5 Å². The van der Waals surface area contributed by atoms with Crippen LogP contribution in [0.1, 0.15) is 12.8 Å². The summed E-state index contributed by atoms with van der Waals surface area (Å²) in [5, 5.41) is -1.98. The Kier molecular flexibility index (Phi) is 3.30. The van der Waals surface area contributed by atoms with E-state index < -0.39 is 41.4 Å². The van der Waals surface area contributed by atoms with E-state index in [9.17, 15) is 16.8 Å². The van der Waals surface area contributed by atoms with Crippen molar-refractivity contribution in [2.24, 2.45) is 23.7 Å². The Morgan fingerprint density at radius 2 is 1.06 bits per heavy atom. The minimum Gasteiger partial charge on any atom is -0.361 e. The molecule has 8 atom stereocenters. The van der Waals surface area contributed by atoms with Gasteiger partial charge in [0.1, 0.15) is 11.2 Å². The topological polar surface area (TPSA) is 80.8 Å². The maximum Gasteiger partial charge on any atom is 0.182 e. The van der Waals surface area contributed by atoms with Crippen molar-refractivity contribution in [2.45, 2.75) is 44.3 Å². The van der Waals surface area contributed by atoms with Gasteiger partial charge in [-0.1, -0.05) is 48.6 Å². The second kappa shape index (κ2) is 5.50. The first-order valence-corrected chi connectivity index (χ1v) is 13.9. The van der Waals surface area contributed by atoms with Crippen molar-refractivity contribution in [1.29, 1.82) is 0 Å². The summed E-state index contributed by atoms with van der Waals surface area (Å²) in [5.74, 6) is -0.208. The summed E-state index contributed by atoms with van der Waals surface area (Å²) in [6.45, 7) is 0. The van der Waals surface area contributed by atoms with Crippen LogP contribution in [0, 0.1) is 23.7 Å². The molecule has 0 unspecified atom stereocenters. The molecule has 0 spiro atoms. The molecule has 0 aromatic heterocycles. The lowest BCUT2D eigenvalue weighted by molar-refractivity contribution is 0.0967. The summed E-state index contributed by atoms with van der Waals surface area (Å²) in [6, 6.07) is 16.6. The summed E-state index contributed by atoms with van der Waals surface area (Å²) in [6.07, 6.45) is 5.89. The van der Waals surface area contributed by atoms with E-state index in [4.69, 9.17) is 4.74 Å². The van der Waals surface area contributed by atoms with E-state index in [0.717, 1.165) is 6.42 Å². The third kappa shape index (κ3) is 1.90. The highest BCUT2D eigenvalue weighted by molar-refractivity contribution is 7.96. The van der Waals surface area contributed by atoms with Crippen molar-refractivity contribution >= 4 is 19.7 Å². The zero-order valence-corrected chi connectivity index (χ0v) is 18.3. The highest BCUT2D eigenvalue weighted by Crippen LogP contribution is 2.84. The van der Waals surface area contributed by atoms with Crippen LogP contribution in [0.15, 0.2) is 82.6 Å². The SMILES string of the molecule is O=S(=O)(c1ccccc1)[C@@H]1[C@H](S(=O)(=O)c2ccccc2)[C@H]2C[C@@H]1[C@@]13O[C@]21[C@H]1C=C[C@H]3C1. The highest BCUT2D eigenvalue weighted by Gasteiger charge is 2.94. The molecule has 7 heteroatoms. The first-order valence-electron chi connectivity index (χ1n) is 10.8. The molecule has 4 bridgehead atoms. The van der Waals surface area contributed by atoms with Crippen LogP contribution in [-0.2, 0) is 24.4 Å². The second-order valence-electron chi connectivity index (χ2n) is 9.62. The number of fused-ring (bicyclic) bond motifs is 4. The quantitative estimate of drug-likeness (QED) is 0.524. The number of rotatable bonds is 4. The van der Waals surface area contributed by atoms with Gasteiger partial charge < -0.3 is 4.74 Å². The minimum atomic E-state index is -3.86. The van der Waals surface area contributed by atoms with Gasteiger partial charge in [-0.15, -0.1) is 0 Å². The predicted molar refractivity (Wildman–Crippen MR) is 114 cm³/mol. The number of benzene rings is 2. The number of sulfone groups is 2. The molecule has 1 aliphatic heterocycles. The third-order valence-electron chi connectivity index (χ3n) is 8.68. The van der Waals surface area contributed by atoms with Crippen LogP contribution in [0.25, 0.3) is 0 Å². The summed E-state index contributed by atoms with van der Waals surface area (Å²) < 4.78 is 62.2. The molecule has 0 radical (unpaired) electrons. The van der Waals surface area contributed by atoms with Gasteiger partial charge in [-0.3, -0.25) is 0 Å². The zero-order valence-electron chi connectivity index (χ0n) is 16.7. The summed E-state index contributed by atoms with van der Waals surface area (Å²) >= 11 is 0. The van der Waals surface area contributed by atoms with E-state index in [0.29, 0.717) is 6.42 Å². The summed E-state index contributed by atoms with van der Waals surface area (Å²) in [4.78, 5) is 0.393. The fourth-order valence-corrected chi connectivity index (χ4v) is 12.9. The van der Waals surface area contributed by atoms with Gasteiger partial charge in [0.05, 0.1) is 20.3 Å². The molecule has 4 aliphatic carbocycles. The Morgan fingerprint density at radius 3 is 1.48 bits per heavy atom. The Bertz CT molecular complexity index is 1230. The van der Waals surface area contributed by atoms with Gasteiger partial charge in [0, 0.05) is 23.7 Å². The molecule has 2 aromatic carbocycles. The predicted octanol–water partition coefficient (Wildman–Crippen LogP) is 3.03. The number of hydrogen-bond acceptors (Lipinski definition) is 5. The summed E-state index contributed by atoms with van der Waals surface area (Å²) in [7, 11) is -7.73. The average molecular weight is 455 g/mol. The first kappa shape index (κ1) is 18.6. The molecule has 1 saturated heterocycles. The van der Waals surface area contributed by atoms with Gasteiger partial charge in [0.15, 0.2) is 19.7 Å². The molecule has 1 heterocycles. The maximum atomic E-state index is 13.9. The monoisotopic (exact) mass is 454 g/mol. The van der Waals surface area contributed by atoms with E-state index in [1.807, 2.05) is 0 Å². The van der Waals surface area contributed by atoms with Crippen LogP contribution >= 0.6 is 0 Å². The van der Waals surface area contributed by atoms with Crippen LogP contribution in [0.4, 0.5) is 0 Å². The van der Waals surface area contributed by atoms with Crippen molar-refractivity contribution in [2.75, 3.05) is 0 Å². The zero-order chi connectivity index (χ0) is 21.2. The average Bonchev–Trinajstić information content (AvgIpc) is 3.16. The first-order chi connectivity index (χ1) is 14.8. The molecule has 3 saturated carbocycles. The third-order valence-corrected chi connectivity index (χ3v) is 13.4. The Morgan fingerprint density at radius 1 is 0.645 bits per heavy atom. The molecular weight excluding hydrogens is 432 g/mol. The van der Waals surface area contributed by atoms with Crippen LogP contribution in [0.5, 0.6) is 0 Å². The largest absolute Gasteiger partial charge is 0.361 e. The molecule has 0 N–H and O–H groups in total. The van der Waals surface area contributed by atoms with E-state index in [1.54, 1.807) is 60.7 Å². The molecule has 4 fully saturated rings. The molecule has 0 amide bonds. The lowest BCUT2D eigenvalue weighted by atomic mass is 9.73. The molecule has 31 heavy (non-hydrogen) atoms. The number of ether oxygens (including phenoxy) is 1. The van der Waals surface area contributed by atoms with Crippen molar-refractivity contribution in [3.8, 4) is 0 Å². The fourth-order valence-electron chi connectivity index (χ4n) is 7.76. The van der Waals surface area contributed by atoms with Crippen LogP contribution in [-0.4, -0.2) is 38.5 Å². The van der Waals surface area contributed by atoms with Gasteiger partial charge in [0.2, 0.25) is 0 Å². The maximum absolute atomic E-state index is 13.9. The molecule has 2 aromatic rings. The normalized spacial score (nSPS) is 43.7. The Hall–Kier alpha value is -1.96. The molecule has 5 nitrogen and oxygen atoms in total. The smallest absolute Gasteiger partial charge is 0.182 e. The van der Waals surface area contributed by atoms with E-state index >= 15 is 0 Å². The second-order valence-corrected chi connectivity index (χ2v) is 13.8. The van der Waals surface area contributed by atoms with Gasteiger partial charge in [0.25, 0.3) is 0 Å². The van der Waals surface area contributed by atoms with Crippen molar-refractivity contribution in [3.05, 3.63) is 72.8 Å². The summed E-state index contributed by atoms with van der Waals surface area (Å²) in [5.41, 5.74) is -0.987. The van der Waals surface area contributed by atoms with Crippen molar-refractivity contribution in [1.82, 2.24) is 0 Å². The lowest BCUT2D eigenvalue weighted by Gasteiger charge is -2.36. The Balaban J connectivity index is 1.44. The highest BCUT2D eigenvalue weighted by atomic mass is 32.2.